The summed E-state index contributed by atoms with van der Waals surface area (Å²) in [4.78, 5) is 0.364. The fourth-order valence-corrected chi connectivity index (χ4v) is 4.73. The molecule has 1 aromatic rings. The summed E-state index contributed by atoms with van der Waals surface area (Å²) >= 11 is 0. The minimum absolute atomic E-state index is 0.364. The maximum absolute atomic E-state index is 12.6. The molecule has 5 heteroatoms. The van der Waals surface area contributed by atoms with Gasteiger partial charge in [0.2, 0.25) is 0 Å². The van der Waals surface area contributed by atoms with Gasteiger partial charge in [0.05, 0.1) is 4.90 Å². The fourth-order valence-electron chi connectivity index (χ4n) is 3.59. The van der Waals surface area contributed by atoms with E-state index >= 15 is 0 Å². The van der Waals surface area contributed by atoms with E-state index in [0.29, 0.717) is 10.8 Å². The minimum Gasteiger partial charge on any atom is -0.317 e. The van der Waals surface area contributed by atoms with Crippen molar-refractivity contribution >= 4 is 10.0 Å². The van der Waals surface area contributed by atoms with Gasteiger partial charge in [-0.25, -0.2) is 8.42 Å². The Morgan fingerprint density at radius 2 is 1.67 bits per heavy atom. The molecule has 2 N–H and O–H groups in total. The average molecular weight is 349 g/mol. The molecular weight excluding hydrogens is 320 g/mol. The lowest BCUT2D eigenvalue weighted by Gasteiger charge is -2.23. The maximum Gasteiger partial charge on any atom is 0.261 e. The first-order valence-electron chi connectivity index (χ1n) is 9.18. The van der Waals surface area contributed by atoms with Gasteiger partial charge in [-0.15, -0.1) is 0 Å². The molecule has 0 bridgehead atoms. The van der Waals surface area contributed by atoms with Gasteiger partial charge in [-0.2, -0.15) is 0 Å². The van der Waals surface area contributed by atoms with Gasteiger partial charge in [-0.05, 0) is 75.2 Å². The summed E-state index contributed by atoms with van der Waals surface area (Å²) in [6, 6.07) is 7.47. The first-order chi connectivity index (χ1) is 11.6. The first kappa shape index (κ1) is 17.5. The summed E-state index contributed by atoms with van der Waals surface area (Å²) in [6.07, 6.45) is 10.7. The highest BCUT2D eigenvalue weighted by Gasteiger charge is 2.18. The molecule has 0 amide bonds. The van der Waals surface area contributed by atoms with Crippen molar-refractivity contribution in [3.05, 3.63) is 41.6 Å². The second-order valence-electron chi connectivity index (χ2n) is 6.88. The Morgan fingerprint density at radius 1 is 0.958 bits per heavy atom. The van der Waals surface area contributed by atoms with Crippen molar-refractivity contribution in [2.45, 2.75) is 62.2 Å². The van der Waals surface area contributed by atoms with Crippen molar-refractivity contribution < 1.29 is 8.42 Å². The monoisotopic (exact) mass is 348 g/mol. The van der Waals surface area contributed by atoms with E-state index in [1.165, 1.54) is 18.4 Å². The molecule has 1 aliphatic heterocycles. The molecule has 0 unspecified atom stereocenters. The van der Waals surface area contributed by atoms with E-state index in [1.54, 1.807) is 12.1 Å². The van der Waals surface area contributed by atoms with Crippen molar-refractivity contribution in [1.29, 1.82) is 0 Å². The van der Waals surface area contributed by atoms with Crippen molar-refractivity contribution in [3.8, 4) is 0 Å². The lowest BCUT2D eigenvalue weighted by atomic mass is 9.90. The Kier molecular flexibility index (Phi) is 5.95. The van der Waals surface area contributed by atoms with Gasteiger partial charge in [0.15, 0.2) is 0 Å². The quantitative estimate of drug-likeness (QED) is 0.873. The normalized spacial score (nSPS) is 20.8. The van der Waals surface area contributed by atoms with E-state index in [4.69, 9.17) is 0 Å². The Hall–Kier alpha value is -1.33. The third-order valence-corrected chi connectivity index (χ3v) is 6.48. The van der Waals surface area contributed by atoms with Crippen LogP contribution in [0.3, 0.4) is 0 Å². The number of hydrogen-bond donors (Lipinski definition) is 2. The third kappa shape index (κ3) is 4.61. The summed E-state index contributed by atoms with van der Waals surface area (Å²) in [5.74, 6) is 0.546. The number of rotatable bonds is 4. The molecule has 0 aromatic heterocycles. The van der Waals surface area contributed by atoms with E-state index in [9.17, 15) is 8.42 Å². The summed E-state index contributed by atoms with van der Waals surface area (Å²) in [5, 5.41) is 3.36. The maximum atomic E-state index is 12.6. The van der Waals surface area contributed by atoms with Crippen LogP contribution in [0.15, 0.2) is 40.9 Å². The highest BCUT2D eigenvalue weighted by Crippen LogP contribution is 2.26. The van der Waals surface area contributed by atoms with Crippen LogP contribution in [-0.4, -0.2) is 21.5 Å². The number of benzene rings is 1. The van der Waals surface area contributed by atoms with Gasteiger partial charge in [-0.3, -0.25) is 4.72 Å². The van der Waals surface area contributed by atoms with Crippen LogP contribution >= 0.6 is 0 Å². The molecule has 2 aliphatic rings. The smallest absolute Gasteiger partial charge is 0.261 e. The lowest BCUT2D eigenvalue weighted by Crippen LogP contribution is -2.26. The van der Waals surface area contributed by atoms with Crippen molar-refractivity contribution in [2.24, 2.45) is 0 Å². The van der Waals surface area contributed by atoms with Gasteiger partial charge in [0.1, 0.15) is 0 Å². The van der Waals surface area contributed by atoms with E-state index in [2.05, 4.69) is 16.1 Å². The fraction of sp³-hybridized carbons (Fsp3) is 0.579. The van der Waals surface area contributed by atoms with Crippen LogP contribution in [0.25, 0.3) is 0 Å². The Morgan fingerprint density at radius 3 is 2.42 bits per heavy atom. The zero-order valence-corrected chi connectivity index (χ0v) is 15.1. The van der Waals surface area contributed by atoms with Crippen LogP contribution < -0.4 is 10.0 Å². The van der Waals surface area contributed by atoms with Gasteiger partial charge in [-0.1, -0.05) is 31.1 Å². The zero-order chi connectivity index (χ0) is 16.8. The predicted molar refractivity (Wildman–Crippen MR) is 97.4 cm³/mol. The SMILES string of the molecule is O=S(=O)(NC1=CCCCCCC1)c1ccc(C2CCNCC2)cc1. The topological polar surface area (TPSA) is 58.2 Å². The second-order valence-corrected chi connectivity index (χ2v) is 8.56. The van der Waals surface area contributed by atoms with Crippen LogP contribution in [0.4, 0.5) is 0 Å². The molecule has 1 aliphatic carbocycles. The molecule has 0 atom stereocenters. The molecule has 1 aromatic carbocycles. The number of sulfonamides is 1. The molecule has 1 heterocycles. The number of piperidine rings is 1. The predicted octanol–water partition coefficient (Wildman–Crippen LogP) is 3.67. The average Bonchev–Trinajstić information content (AvgIpc) is 2.58. The third-order valence-electron chi connectivity index (χ3n) is 5.06. The molecule has 1 saturated heterocycles. The molecule has 0 spiro atoms. The Balaban J connectivity index is 1.69. The molecular formula is C19H28N2O2S. The van der Waals surface area contributed by atoms with Gasteiger partial charge in [0.25, 0.3) is 10.0 Å². The largest absolute Gasteiger partial charge is 0.317 e. The summed E-state index contributed by atoms with van der Waals surface area (Å²) in [7, 11) is -3.47. The van der Waals surface area contributed by atoms with Crippen LogP contribution in [-0.2, 0) is 10.0 Å². The summed E-state index contributed by atoms with van der Waals surface area (Å²) < 4.78 is 28.1. The lowest BCUT2D eigenvalue weighted by molar-refractivity contribution is 0.460. The van der Waals surface area contributed by atoms with Crippen molar-refractivity contribution in [3.63, 3.8) is 0 Å². The van der Waals surface area contributed by atoms with Crippen molar-refractivity contribution in [2.75, 3.05) is 13.1 Å². The van der Waals surface area contributed by atoms with Gasteiger partial charge >= 0.3 is 0 Å². The highest BCUT2D eigenvalue weighted by molar-refractivity contribution is 7.89. The summed E-state index contributed by atoms with van der Waals surface area (Å²) in [5.41, 5.74) is 2.11. The molecule has 132 valence electrons. The standard InChI is InChI=1S/C19H28N2O2S/c22-24(23,21-18-6-4-2-1-3-5-7-18)19-10-8-16(9-11-19)17-12-14-20-15-13-17/h6,8-11,17,20-21H,1-5,7,12-15H2. The highest BCUT2D eigenvalue weighted by atomic mass is 32.2. The van der Waals surface area contributed by atoms with Crippen LogP contribution in [0.2, 0.25) is 0 Å². The number of hydrogen-bond acceptors (Lipinski definition) is 3. The minimum atomic E-state index is -3.47. The van der Waals surface area contributed by atoms with Crippen LogP contribution in [0, 0.1) is 0 Å². The summed E-state index contributed by atoms with van der Waals surface area (Å²) in [6.45, 7) is 2.08. The van der Waals surface area contributed by atoms with Gasteiger partial charge < -0.3 is 5.32 Å². The molecule has 1 fully saturated rings. The molecule has 3 rings (SSSR count). The molecule has 4 nitrogen and oxygen atoms in total. The van der Waals surface area contributed by atoms with Crippen molar-refractivity contribution in [1.82, 2.24) is 10.0 Å². The Bertz CT molecular complexity index is 659. The molecule has 0 saturated carbocycles. The first-order valence-corrected chi connectivity index (χ1v) is 10.7. The Labute approximate surface area is 145 Å². The van der Waals surface area contributed by atoms with E-state index in [0.717, 1.165) is 57.3 Å². The molecule has 0 radical (unpaired) electrons. The number of nitrogens with one attached hydrogen (secondary N) is 2. The van der Waals surface area contributed by atoms with E-state index in [1.807, 2.05) is 12.1 Å². The zero-order valence-electron chi connectivity index (χ0n) is 14.3. The van der Waals surface area contributed by atoms with E-state index in [-0.39, 0.29) is 0 Å². The molecule has 24 heavy (non-hydrogen) atoms. The number of allylic oxidation sites excluding steroid dienone is 2. The second kappa shape index (κ2) is 8.17. The van der Waals surface area contributed by atoms with Crippen LogP contribution in [0.1, 0.15) is 62.8 Å². The van der Waals surface area contributed by atoms with E-state index < -0.39 is 10.0 Å². The van der Waals surface area contributed by atoms with Gasteiger partial charge in [0, 0.05) is 5.70 Å². The van der Waals surface area contributed by atoms with Crippen LogP contribution in [0.5, 0.6) is 0 Å².